The molecule has 0 aliphatic carbocycles. The Morgan fingerprint density at radius 2 is 1.71 bits per heavy atom. The lowest BCUT2D eigenvalue weighted by Crippen LogP contribution is -2.46. The molecule has 1 aromatic heterocycles. The molecule has 24 heavy (non-hydrogen) atoms. The van der Waals surface area contributed by atoms with Gasteiger partial charge in [0.25, 0.3) is 5.91 Å². The van der Waals surface area contributed by atoms with E-state index in [9.17, 15) is 9.59 Å². The van der Waals surface area contributed by atoms with Crippen LogP contribution in [-0.2, 0) is 11.3 Å². The summed E-state index contributed by atoms with van der Waals surface area (Å²) in [6.45, 7) is 4.82. The molecule has 0 spiro atoms. The first-order valence-corrected chi connectivity index (χ1v) is 8.21. The molecule has 2 aromatic rings. The SMILES string of the molecule is CNC(=O)C(CC(C)C)NC(=O)c1ccc(Cn2cccc2)cc1. The van der Waals surface area contributed by atoms with Crippen molar-refractivity contribution in [1.29, 1.82) is 0 Å². The maximum atomic E-state index is 12.4. The van der Waals surface area contributed by atoms with Crippen molar-refractivity contribution in [3.05, 3.63) is 59.9 Å². The third-order valence-electron chi connectivity index (χ3n) is 3.82. The van der Waals surface area contributed by atoms with Gasteiger partial charge in [0.1, 0.15) is 6.04 Å². The molecule has 0 aliphatic rings. The number of amides is 2. The summed E-state index contributed by atoms with van der Waals surface area (Å²) in [6, 6.07) is 10.9. The molecule has 1 heterocycles. The monoisotopic (exact) mass is 327 g/mol. The first-order valence-electron chi connectivity index (χ1n) is 8.21. The number of carbonyl (C=O) groups is 2. The van der Waals surface area contributed by atoms with Crippen molar-refractivity contribution in [2.45, 2.75) is 32.9 Å². The number of hydrogen-bond donors (Lipinski definition) is 2. The third-order valence-corrected chi connectivity index (χ3v) is 3.82. The molecule has 1 aromatic carbocycles. The second-order valence-electron chi connectivity index (χ2n) is 6.32. The van der Waals surface area contributed by atoms with Crippen molar-refractivity contribution in [2.75, 3.05) is 7.05 Å². The molecule has 5 nitrogen and oxygen atoms in total. The van der Waals surface area contributed by atoms with Crippen molar-refractivity contribution in [3.8, 4) is 0 Å². The number of likely N-dealkylation sites (N-methyl/N-ethyl adjacent to an activating group) is 1. The van der Waals surface area contributed by atoms with Gasteiger partial charge >= 0.3 is 0 Å². The summed E-state index contributed by atoms with van der Waals surface area (Å²) in [4.78, 5) is 24.3. The maximum absolute atomic E-state index is 12.4. The molecule has 0 aliphatic heterocycles. The Kier molecular flexibility index (Phi) is 6.18. The van der Waals surface area contributed by atoms with Crippen LogP contribution in [0.5, 0.6) is 0 Å². The number of nitrogens with zero attached hydrogens (tertiary/aromatic N) is 1. The van der Waals surface area contributed by atoms with Crippen molar-refractivity contribution < 1.29 is 9.59 Å². The molecular formula is C19H25N3O2. The highest BCUT2D eigenvalue weighted by Gasteiger charge is 2.21. The lowest BCUT2D eigenvalue weighted by molar-refractivity contribution is -0.122. The van der Waals surface area contributed by atoms with Crippen LogP contribution in [0.15, 0.2) is 48.8 Å². The van der Waals surface area contributed by atoms with Crippen LogP contribution in [0.3, 0.4) is 0 Å². The zero-order chi connectivity index (χ0) is 17.5. The Balaban J connectivity index is 2.01. The lowest BCUT2D eigenvalue weighted by atomic mass is 10.0. The Morgan fingerprint density at radius 1 is 1.08 bits per heavy atom. The number of hydrogen-bond acceptors (Lipinski definition) is 2. The van der Waals surface area contributed by atoms with Gasteiger partial charge in [-0.2, -0.15) is 0 Å². The van der Waals surface area contributed by atoms with E-state index in [-0.39, 0.29) is 11.8 Å². The Hall–Kier alpha value is -2.56. The number of benzene rings is 1. The topological polar surface area (TPSA) is 63.1 Å². The minimum absolute atomic E-state index is 0.165. The van der Waals surface area contributed by atoms with Crippen molar-refractivity contribution in [2.24, 2.45) is 5.92 Å². The summed E-state index contributed by atoms with van der Waals surface area (Å²) in [5, 5.41) is 5.43. The summed E-state index contributed by atoms with van der Waals surface area (Å²) in [5.74, 6) is -0.0745. The van der Waals surface area contributed by atoms with E-state index in [1.54, 1.807) is 19.2 Å². The van der Waals surface area contributed by atoms with Gasteiger partial charge in [-0.1, -0.05) is 26.0 Å². The van der Waals surface area contributed by atoms with E-state index < -0.39 is 6.04 Å². The van der Waals surface area contributed by atoms with Crippen molar-refractivity contribution >= 4 is 11.8 Å². The molecule has 0 fully saturated rings. The van der Waals surface area contributed by atoms with Crippen LogP contribution in [0.2, 0.25) is 0 Å². The second kappa shape index (κ2) is 8.34. The summed E-state index contributed by atoms with van der Waals surface area (Å²) in [7, 11) is 1.58. The van der Waals surface area contributed by atoms with Gasteiger partial charge in [0, 0.05) is 31.5 Å². The van der Waals surface area contributed by atoms with Crippen LogP contribution in [0, 0.1) is 5.92 Å². The lowest BCUT2D eigenvalue weighted by Gasteiger charge is -2.19. The molecule has 2 N–H and O–H groups in total. The van der Waals surface area contributed by atoms with Crippen LogP contribution in [0.4, 0.5) is 0 Å². The molecule has 5 heteroatoms. The predicted octanol–water partition coefficient (Wildman–Crippen LogP) is 2.43. The fourth-order valence-corrected chi connectivity index (χ4v) is 2.57. The maximum Gasteiger partial charge on any atom is 0.251 e. The molecule has 2 rings (SSSR count). The molecule has 128 valence electrons. The highest BCUT2D eigenvalue weighted by Crippen LogP contribution is 2.09. The quantitative estimate of drug-likeness (QED) is 0.820. The number of aromatic nitrogens is 1. The zero-order valence-electron chi connectivity index (χ0n) is 14.5. The normalized spacial score (nSPS) is 12.0. The molecule has 2 amide bonds. The molecule has 0 bridgehead atoms. The van der Waals surface area contributed by atoms with Gasteiger partial charge in [-0.25, -0.2) is 0 Å². The van der Waals surface area contributed by atoms with E-state index in [0.29, 0.717) is 17.9 Å². The van der Waals surface area contributed by atoms with E-state index in [0.717, 1.165) is 12.1 Å². The zero-order valence-corrected chi connectivity index (χ0v) is 14.5. The van der Waals surface area contributed by atoms with E-state index in [1.807, 2.05) is 50.5 Å². The molecule has 1 atom stereocenters. The van der Waals surface area contributed by atoms with Gasteiger partial charge in [-0.3, -0.25) is 9.59 Å². The van der Waals surface area contributed by atoms with Gasteiger partial charge in [0.2, 0.25) is 5.91 Å². The standard InChI is InChI=1S/C19H25N3O2/c1-14(2)12-17(19(24)20-3)21-18(23)16-8-6-15(7-9-16)13-22-10-4-5-11-22/h4-11,14,17H,12-13H2,1-3H3,(H,20,24)(H,21,23). The Labute approximate surface area is 143 Å². The van der Waals surface area contributed by atoms with E-state index >= 15 is 0 Å². The first kappa shape index (κ1) is 17.8. The molecular weight excluding hydrogens is 302 g/mol. The largest absolute Gasteiger partial charge is 0.357 e. The Bertz CT molecular complexity index is 660. The van der Waals surface area contributed by atoms with Crippen LogP contribution in [-0.4, -0.2) is 29.5 Å². The average Bonchev–Trinajstić information content (AvgIpc) is 3.06. The predicted molar refractivity (Wildman–Crippen MR) is 94.8 cm³/mol. The van der Waals surface area contributed by atoms with E-state index in [4.69, 9.17) is 0 Å². The number of carbonyl (C=O) groups excluding carboxylic acids is 2. The molecule has 0 saturated carbocycles. The van der Waals surface area contributed by atoms with E-state index in [1.165, 1.54) is 0 Å². The van der Waals surface area contributed by atoms with Crippen molar-refractivity contribution in [3.63, 3.8) is 0 Å². The van der Waals surface area contributed by atoms with E-state index in [2.05, 4.69) is 15.2 Å². The first-order chi connectivity index (χ1) is 11.5. The van der Waals surface area contributed by atoms with Crippen LogP contribution >= 0.6 is 0 Å². The minimum Gasteiger partial charge on any atom is -0.357 e. The number of nitrogens with one attached hydrogen (secondary N) is 2. The van der Waals surface area contributed by atoms with Crippen LogP contribution in [0.25, 0.3) is 0 Å². The van der Waals surface area contributed by atoms with Gasteiger partial charge in [-0.05, 0) is 42.2 Å². The summed E-state index contributed by atoms with van der Waals surface area (Å²) < 4.78 is 2.07. The highest BCUT2D eigenvalue weighted by molar-refractivity contribution is 5.97. The van der Waals surface area contributed by atoms with Gasteiger partial charge in [-0.15, -0.1) is 0 Å². The highest BCUT2D eigenvalue weighted by atomic mass is 16.2. The molecule has 0 saturated heterocycles. The van der Waals surface area contributed by atoms with Crippen LogP contribution < -0.4 is 10.6 Å². The second-order valence-corrected chi connectivity index (χ2v) is 6.32. The minimum atomic E-state index is -0.512. The summed E-state index contributed by atoms with van der Waals surface area (Å²) >= 11 is 0. The smallest absolute Gasteiger partial charge is 0.251 e. The fourth-order valence-electron chi connectivity index (χ4n) is 2.57. The van der Waals surface area contributed by atoms with Gasteiger partial charge in [0.05, 0.1) is 0 Å². The average molecular weight is 327 g/mol. The molecule has 0 radical (unpaired) electrons. The molecule has 1 unspecified atom stereocenters. The van der Waals surface area contributed by atoms with Gasteiger partial charge in [0.15, 0.2) is 0 Å². The fraction of sp³-hybridized carbons (Fsp3) is 0.368. The van der Waals surface area contributed by atoms with Crippen LogP contribution in [0.1, 0.15) is 36.2 Å². The Morgan fingerprint density at radius 3 is 2.25 bits per heavy atom. The summed E-state index contributed by atoms with van der Waals surface area (Å²) in [6.07, 6.45) is 4.61. The van der Waals surface area contributed by atoms with Crippen molar-refractivity contribution in [1.82, 2.24) is 15.2 Å². The van der Waals surface area contributed by atoms with Gasteiger partial charge < -0.3 is 15.2 Å². The number of rotatable bonds is 7. The summed E-state index contributed by atoms with van der Waals surface area (Å²) in [5.41, 5.74) is 1.68. The third kappa shape index (κ3) is 4.98.